The van der Waals surface area contributed by atoms with Crippen molar-refractivity contribution >= 4 is 27.5 Å². The minimum Gasteiger partial charge on any atom is -0.406 e. The van der Waals surface area contributed by atoms with E-state index < -0.39 is 33.5 Å². The molecular weight excluding hydrogens is 415 g/mol. The molecule has 2 fully saturated rings. The average Bonchev–Trinajstić information content (AvgIpc) is 3.04. The van der Waals surface area contributed by atoms with Gasteiger partial charge in [0.05, 0.1) is 23.1 Å². The van der Waals surface area contributed by atoms with Crippen molar-refractivity contribution in [3.05, 3.63) is 24.3 Å². The molecule has 29 heavy (non-hydrogen) atoms. The summed E-state index contributed by atoms with van der Waals surface area (Å²) in [5, 5.41) is 7.11. The lowest BCUT2D eigenvalue weighted by molar-refractivity contribution is -0.274. The van der Waals surface area contributed by atoms with Crippen LogP contribution in [0.2, 0.25) is 0 Å². The molecule has 2 aliphatic rings. The molecule has 1 aromatic carbocycles. The average molecular weight is 435 g/mol. The molecule has 3 atom stereocenters. The summed E-state index contributed by atoms with van der Waals surface area (Å²) in [4.78, 5) is 23.3. The van der Waals surface area contributed by atoms with E-state index in [0.717, 1.165) is 12.1 Å². The Morgan fingerprint density at radius 1 is 1.17 bits per heavy atom. The molecule has 3 rings (SSSR count). The summed E-state index contributed by atoms with van der Waals surface area (Å²) in [6, 6.07) is 3.54. The van der Waals surface area contributed by atoms with Gasteiger partial charge in [0, 0.05) is 12.1 Å². The summed E-state index contributed by atoms with van der Waals surface area (Å²) in [7, 11) is -3.31. The molecule has 2 heterocycles. The second kappa shape index (κ2) is 8.09. The lowest BCUT2D eigenvalue weighted by Gasteiger charge is -2.16. The highest BCUT2D eigenvalue weighted by Crippen LogP contribution is 2.28. The maximum Gasteiger partial charge on any atom is 0.573 e. The van der Waals surface area contributed by atoms with Crippen molar-refractivity contribution in [1.29, 1.82) is 0 Å². The fourth-order valence-electron chi connectivity index (χ4n) is 3.60. The normalized spacial score (nSPS) is 25.1. The fraction of sp³-hybridized carbons (Fsp3) is 0.529. The summed E-state index contributed by atoms with van der Waals surface area (Å²) >= 11 is 0. The number of amides is 3. The molecule has 0 unspecified atom stereocenters. The maximum absolute atomic E-state index is 12.2. The number of halogens is 3. The number of nitrogens with one attached hydrogen (secondary N) is 3. The molecule has 0 saturated carbocycles. The van der Waals surface area contributed by atoms with E-state index in [1.54, 1.807) is 0 Å². The summed E-state index contributed by atoms with van der Waals surface area (Å²) < 4.78 is 64.5. The Hall–Kier alpha value is -2.50. The molecule has 8 nitrogen and oxygen atoms in total. The number of ether oxygens (including phenoxy) is 1. The number of benzene rings is 1. The number of fused-ring (bicyclic) bond motifs is 1. The van der Waals surface area contributed by atoms with Gasteiger partial charge in [0.25, 0.3) is 0 Å². The molecule has 0 aliphatic carbocycles. The van der Waals surface area contributed by atoms with Gasteiger partial charge in [-0.25, -0.2) is 13.2 Å². The number of urea groups is 1. The molecule has 1 aromatic rings. The Kier molecular flexibility index (Phi) is 5.92. The number of anilines is 1. The molecule has 0 radical (unpaired) electrons. The predicted octanol–water partition coefficient (Wildman–Crippen LogP) is 1.93. The van der Waals surface area contributed by atoms with E-state index >= 15 is 0 Å². The van der Waals surface area contributed by atoms with E-state index in [-0.39, 0.29) is 29.9 Å². The number of hydrogen-bond donors (Lipinski definition) is 3. The third kappa shape index (κ3) is 5.52. The summed E-state index contributed by atoms with van der Waals surface area (Å²) in [6.45, 7) is 0. The van der Waals surface area contributed by atoms with Crippen LogP contribution < -0.4 is 20.7 Å². The van der Waals surface area contributed by atoms with Crippen molar-refractivity contribution in [2.45, 2.75) is 49.4 Å². The smallest absolute Gasteiger partial charge is 0.406 e. The number of alkyl halides is 3. The molecule has 0 spiro atoms. The summed E-state index contributed by atoms with van der Waals surface area (Å²) in [5.74, 6) is -0.812. The summed E-state index contributed by atoms with van der Waals surface area (Å²) in [5.41, 5.74) is 0.325. The van der Waals surface area contributed by atoms with Gasteiger partial charge in [-0.3, -0.25) is 4.79 Å². The lowest BCUT2D eigenvalue weighted by atomic mass is 10.0. The minimum atomic E-state index is -4.78. The highest BCUT2D eigenvalue weighted by Gasteiger charge is 2.51. The molecule has 0 bridgehead atoms. The molecule has 12 heteroatoms. The van der Waals surface area contributed by atoms with Gasteiger partial charge >= 0.3 is 12.4 Å². The maximum atomic E-state index is 12.2. The van der Waals surface area contributed by atoms with Crippen molar-refractivity contribution in [3.8, 4) is 5.75 Å². The first kappa shape index (κ1) is 21.2. The highest BCUT2D eigenvalue weighted by molar-refractivity contribution is 7.92. The molecule has 160 valence electrons. The van der Waals surface area contributed by atoms with Crippen LogP contribution in [-0.4, -0.2) is 49.8 Å². The molecule has 3 amide bonds. The minimum absolute atomic E-state index is 0.0877. The number of unbranched alkanes of at least 4 members (excludes halogenated alkanes) is 1. The number of hydrogen-bond acceptors (Lipinski definition) is 5. The van der Waals surface area contributed by atoms with E-state index in [1.165, 1.54) is 12.1 Å². The molecular formula is C17H20F3N3O5S. The van der Waals surface area contributed by atoms with Crippen LogP contribution in [0.25, 0.3) is 0 Å². The van der Waals surface area contributed by atoms with Crippen LogP contribution in [0, 0.1) is 0 Å². The van der Waals surface area contributed by atoms with Gasteiger partial charge in [0.15, 0.2) is 9.84 Å². The summed E-state index contributed by atoms with van der Waals surface area (Å²) in [6.07, 6.45) is -3.40. The number of carbonyl (C=O) groups is 2. The van der Waals surface area contributed by atoms with Gasteiger partial charge in [-0.15, -0.1) is 13.2 Å². The standard InChI is InChI=1S/C17H20F3N3O5S/c18-17(19,20)28-11-7-5-10(6-8-11)21-14(24)4-2-1-3-13-15-12(9-29(13,26)27)22-16(25)23-15/h5-8,12-13,15H,1-4,9H2,(H,21,24)(H2,22,23,25)/t12-,13+,15+/m0/s1. The van der Waals surface area contributed by atoms with Gasteiger partial charge in [-0.1, -0.05) is 6.42 Å². The van der Waals surface area contributed by atoms with E-state index in [2.05, 4.69) is 20.7 Å². The second-order valence-electron chi connectivity index (χ2n) is 6.98. The third-order valence-corrected chi connectivity index (χ3v) is 7.11. The van der Waals surface area contributed by atoms with Crippen LogP contribution in [0.4, 0.5) is 23.7 Å². The Labute approximate surface area is 165 Å². The third-order valence-electron chi connectivity index (χ3n) is 4.84. The molecule has 3 N–H and O–H groups in total. The van der Waals surface area contributed by atoms with Gasteiger partial charge < -0.3 is 20.7 Å². The predicted molar refractivity (Wildman–Crippen MR) is 97.0 cm³/mol. The largest absolute Gasteiger partial charge is 0.573 e. The second-order valence-corrected chi connectivity index (χ2v) is 9.25. The van der Waals surface area contributed by atoms with Crippen molar-refractivity contribution in [1.82, 2.24) is 10.6 Å². The van der Waals surface area contributed by atoms with Gasteiger partial charge in [-0.2, -0.15) is 0 Å². The zero-order chi connectivity index (χ0) is 21.2. The van der Waals surface area contributed by atoms with Crippen LogP contribution >= 0.6 is 0 Å². The van der Waals surface area contributed by atoms with Crippen molar-refractivity contribution in [2.75, 3.05) is 11.1 Å². The highest BCUT2D eigenvalue weighted by atomic mass is 32.2. The monoisotopic (exact) mass is 435 g/mol. The molecule has 2 saturated heterocycles. The number of rotatable bonds is 7. The molecule has 0 aromatic heterocycles. The van der Waals surface area contributed by atoms with E-state index in [9.17, 15) is 31.2 Å². The molecule has 2 aliphatic heterocycles. The first-order valence-electron chi connectivity index (χ1n) is 8.98. The van der Waals surface area contributed by atoms with Crippen LogP contribution in [-0.2, 0) is 14.6 Å². The zero-order valence-electron chi connectivity index (χ0n) is 15.2. The quantitative estimate of drug-likeness (QED) is 0.447. The van der Waals surface area contributed by atoms with Crippen molar-refractivity contribution in [3.63, 3.8) is 0 Å². The Bertz CT molecular complexity index is 873. The number of carbonyl (C=O) groups excluding carboxylic acids is 2. The van der Waals surface area contributed by atoms with Crippen LogP contribution in [0.5, 0.6) is 5.75 Å². The van der Waals surface area contributed by atoms with Crippen molar-refractivity contribution in [2.24, 2.45) is 0 Å². The van der Waals surface area contributed by atoms with E-state index in [0.29, 0.717) is 24.9 Å². The fourth-order valence-corrected chi connectivity index (χ4v) is 5.87. The van der Waals surface area contributed by atoms with Crippen LogP contribution in [0.3, 0.4) is 0 Å². The topological polar surface area (TPSA) is 114 Å². The van der Waals surface area contributed by atoms with Crippen molar-refractivity contribution < 1.29 is 35.9 Å². The SMILES string of the molecule is O=C(CCCC[C@@H]1[C@@H]2NC(=O)N[C@H]2CS1(=O)=O)Nc1ccc(OC(F)(F)F)cc1. The number of sulfone groups is 1. The van der Waals surface area contributed by atoms with Gasteiger partial charge in [-0.05, 0) is 37.1 Å². The first-order chi connectivity index (χ1) is 13.5. The lowest BCUT2D eigenvalue weighted by Crippen LogP contribution is -2.39. The Morgan fingerprint density at radius 3 is 2.52 bits per heavy atom. The van der Waals surface area contributed by atoms with E-state index in [4.69, 9.17) is 0 Å². The Balaban J connectivity index is 1.41. The van der Waals surface area contributed by atoms with Gasteiger partial charge in [0.1, 0.15) is 5.75 Å². The van der Waals surface area contributed by atoms with E-state index in [1.807, 2.05) is 0 Å². The van der Waals surface area contributed by atoms with Gasteiger partial charge in [0.2, 0.25) is 5.91 Å². The zero-order valence-corrected chi connectivity index (χ0v) is 16.0. The first-order valence-corrected chi connectivity index (χ1v) is 10.7. The van der Waals surface area contributed by atoms with Crippen LogP contribution in [0.1, 0.15) is 25.7 Å². The Morgan fingerprint density at radius 2 is 1.86 bits per heavy atom. The van der Waals surface area contributed by atoms with Crippen LogP contribution in [0.15, 0.2) is 24.3 Å².